The van der Waals surface area contributed by atoms with Gasteiger partial charge in [-0.05, 0) is 46.1 Å². The molecule has 0 aliphatic carbocycles. The maximum Gasteiger partial charge on any atom is 0.374 e. The molecule has 1 heterocycles. The number of fused-ring (bicyclic) bond motifs is 1. The van der Waals surface area contributed by atoms with Crippen LogP contribution in [-0.4, -0.2) is 37.6 Å². The number of hydrogen-bond acceptors (Lipinski definition) is 4. The van der Waals surface area contributed by atoms with Crippen LogP contribution < -0.4 is 0 Å². The first-order chi connectivity index (χ1) is 9.86. The molecule has 0 bridgehead atoms. The minimum atomic E-state index is -0.401. The summed E-state index contributed by atoms with van der Waals surface area (Å²) in [6.45, 7) is 6.86. The Hall–Kier alpha value is -1.81. The zero-order chi connectivity index (χ0) is 15.6. The summed E-state index contributed by atoms with van der Waals surface area (Å²) in [6.07, 6.45) is -0.158. The first-order valence-electron chi connectivity index (χ1n) is 7.22. The Morgan fingerprint density at radius 2 is 2.00 bits per heavy atom. The summed E-state index contributed by atoms with van der Waals surface area (Å²) in [4.78, 5) is 14.3. The molecular weight excluding hydrogens is 266 g/mol. The number of rotatable bonds is 5. The number of ether oxygens (including phenoxy) is 1. The molecule has 21 heavy (non-hydrogen) atoms. The third kappa shape index (κ3) is 3.85. The van der Waals surface area contributed by atoms with Crippen LogP contribution in [-0.2, 0) is 4.74 Å². The lowest BCUT2D eigenvalue weighted by Gasteiger charge is -2.22. The van der Waals surface area contributed by atoms with Crippen LogP contribution >= 0.6 is 0 Å². The van der Waals surface area contributed by atoms with Gasteiger partial charge in [-0.15, -0.1) is 0 Å². The minimum absolute atomic E-state index is 0.158. The molecule has 0 saturated heterocycles. The van der Waals surface area contributed by atoms with E-state index in [2.05, 4.69) is 11.8 Å². The lowest BCUT2D eigenvalue weighted by atomic mass is 10.1. The maximum absolute atomic E-state index is 12.2. The number of carbonyl (C=O) groups excluding carboxylic acids is 1. The Morgan fingerprint density at radius 1 is 1.29 bits per heavy atom. The van der Waals surface area contributed by atoms with Crippen molar-refractivity contribution in [2.24, 2.45) is 5.92 Å². The Balaban J connectivity index is 2.08. The zero-order valence-corrected chi connectivity index (χ0v) is 13.3. The molecule has 1 aromatic carbocycles. The van der Waals surface area contributed by atoms with Gasteiger partial charge in [-0.25, -0.2) is 4.79 Å². The molecule has 0 fully saturated rings. The molecule has 0 N–H and O–H groups in total. The predicted octanol–water partition coefficient (Wildman–Crippen LogP) is 3.48. The molecule has 2 atom stereocenters. The summed E-state index contributed by atoms with van der Waals surface area (Å²) in [6, 6.07) is 7.57. The molecule has 0 aliphatic rings. The lowest BCUT2D eigenvalue weighted by molar-refractivity contribution is 0.0156. The topological polar surface area (TPSA) is 42.7 Å². The third-order valence-electron chi connectivity index (χ3n) is 3.62. The van der Waals surface area contributed by atoms with Crippen LogP contribution in [0.2, 0.25) is 0 Å². The van der Waals surface area contributed by atoms with E-state index in [9.17, 15) is 4.79 Å². The van der Waals surface area contributed by atoms with Crippen molar-refractivity contribution in [2.45, 2.75) is 26.9 Å². The van der Waals surface area contributed by atoms with Gasteiger partial charge in [0.15, 0.2) is 0 Å². The Bertz CT molecular complexity index is 630. The van der Waals surface area contributed by atoms with Gasteiger partial charge in [0.2, 0.25) is 5.76 Å². The fourth-order valence-corrected chi connectivity index (χ4v) is 2.33. The molecule has 114 valence electrons. The molecule has 4 heteroatoms. The van der Waals surface area contributed by atoms with E-state index < -0.39 is 5.97 Å². The van der Waals surface area contributed by atoms with Crippen molar-refractivity contribution in [1.82, 2.24) is 4.90 Å². The van der Waals surface area contributed by atoms with E-state index >= 15 is 0 Å². The van der Waals surface area contributed by atoms with Crippen LogP contribution in [0, 0.1) is 12.8 Å². The lowest BCUT2D eigenvalue weighted by Crippen LogP contribution is -2.30. The third-order valence-corrected chi connectivity index (χ3v) is 3.62. The highest BCUT2D eigenvalue weighted by Gasteiger charge is 2.21. The van der Waals surface area contributed by atoms with Crippen LogP contribution in [0.1, 0.15) is 30.0 Å². The van der Waals surface area contributed by atoms with Crippen molar-refractivity contribution >= 4 is 16.9 Å². The number of esters is 1. The summed E-state index contributed by atoms with van der Waals surface area (Å²) in [5.41, 5.74) is 1.85. The van der Waals surface area contributed by atoms with Crippen molar-refractivity contribution in [3.8, 4) is 0 Å². The minimum Gasteiger partial charge on any atom is -0.456 e. The molecule has 0 radical (unpaired) electrons. The molecule has 0 aliphatic heterocycles. The highest BCUT2D eigenvalue weighted by Crippen LogP contribution is 2.22. The Morgan fingerprint density at radius 3 is 2.67 bits per heavy atom. The maximum atomic E-state index is 12.2. The average Bonchev–Trinajstić information content (AvgIpc) is 2.80. The van der Waals surface area contributed by atoms with Crippen LogP contribution in [0.4, 0.5) is 0 Å². The van der Waals surface area contributed by atoms with Crippen molar-refractivity contribution in [3.63, 3.8) is 0 Å². The molecule has 0 saturated carbocycles. The number of benzene rings is 1. The number of carbonyl (C=O) groups is 1. The molecule has 0 amide bonds. The Kier molecular flexibility index (Phi) is 4.68. The molecular formula is C17H23NO3. The molecule has 0 unspecified atom stereocenters. The van der Waals surface area contributed by atoms with E-state index in [0.29, 0.717) is 5.58 Å². The van der Waals surface area contributed by atoms with Crippen LogP contribution in [0.3, 0.4) is 0 Å². The highest BCUT2D eigenvalue weighted by molar-refractivity contribution is 5.92. The summed E-state index contributed by atoms with van der Waals surface area (Å²) in [5, 5.41) is 0.927. The van der Waals surface area contributed by atoms with E-state index in [4.69, 9.17) is 9.15 Å². The van der Waals surface area contributed by atoms with E-state index in [-0.39, 0.29) is 17.8 Å². The van der Waals surface area contributed by atoms with Gasteiger partial charge in [-0.2, -0.15) is 0 Å². The van der Waals surface area contributed by atoms with Gasteiger partial charge in [0.25, 0.3) is 0 Å². The van der Waals surface area contributed by atoms with Gasteiger partial charge in [-0.3, -0.25) is 0 Å². The summed E-state index contributed by atoms with van der Waals surface area (Å²) in [7, 11) is 4.01. The van der Waals surface area contributed by atoms with Gasteiger partial charge in [0.1, 0.15) is 11.7 Å². The standard InChI is InChI=1S/C17H23NO3/c1-11-6-7-15-14(8-11)9-16(21-15)17(19)20-13(3)12(2)10-18(4)5/h6-9,12-13H,10H2,1-5H3/t12-,13+/m0/s1. The van der Waals surface area contributed by atoms with Gasteiger partial charge in [-0.1, -0.05) is 18.6 Å². The van der Waals surface area contributed by atoms with E-state index in [1.807, 2.05) is 46.1 Å². The van der Waals surface area contributed by atoms with E-state index in [1.54, 1.807) is 6.07 Å². The summed E-state index contributed by atoms with van der Waals surface area (Å²) >= 11 is 0. The molecule has 2 aromatic rings. The van der Waals surface area contributed by atoms with Gasteiger partial charge in [0.05, 0.1) is 0 Å². The van der Waals surface area contributed by atoms with E-state index in [1.165, 1.54) is 0 Å². The van der Waals surface area contributed by atoms with Gasteiger partial charge in [0, 0.05) is 17.8 Å². The molecule has 2 rings (SSSR count). The fraction of sp³-hybridized carbons (Fsp3) is 0.471. The second-order valence-corrected chi connectivity index (χ2v) is 6.00. The number of furan rings is 1. The SMILES string of the molecule is Cc1ccc2oc(C(=O)O[C@H](C)[C@@H](C)CN(C)C)cc2c1. The summed E-state index contributed by atoms with van der Waals surface area (Å²) in [5.74, 6) is 0.122. The number of nitrogens with zero attached hydrogens (tertiary/aromatic N) is 1. The quantitative estimate of drug-likeness (QED) is 0.790. The van der Waals surface area contributed by atoms with Crippen molar-refractivity contribution in [1.29, 1.82) is 0 Å². The first kappa shape index (κ1) is 15.6. The fourth-order valence-electron chi connectivity index (χ4n) is 2.33. The smallest absolute Gasteiger partial charge is 0.374 e. The van der Waals surface area contributed by atoms with Crippen LogP contribution in [0.5, 0.6) is 0 Å². The zero-order valence-electron chi connectivity index (χ0n) is 13.3. The van der Waals surface area contributed by atoms with Crippen LogP contribution in [0.15, 0.2) is 28.7 Å². The second kappa shape index (κ2) is 6.31. The van der Waals surface area contributed by atoms with Gasteiger partial charge < -0.3 is 14.1 Å². The van der Waals surface area contributed by atoms with Crippen LogP contribution in [0.25, 0.3) is 11.0 Å². The number of hydrogen-bond donors (Lipinski definition) is 0. The molecule has 0 spiro atoms. The van der Waals surface area contributed by atoms with Crippen molar-refractivity contribution < 1.29 is 13.9 Å². The highest BCUT2D eigenvalue weighted by atomic mass is 16.6. The van der Waals surface area contributed by atoms with Crippen molar-refractivity contribution in [2.75, 3.05) is 20.6 Å². The summed E-state index contributed by atoms with van der Waals surface area (Å²) < 4.78 is 11.1. The molecule has 1 aromatic heterocycles. The normalized spacial score (nSPS) is 14.4. The second-order valence-electron chi connectivity index (χ2n) is 6.00. The Labute approximate surface area is 125 Å². The average molecular weight is 289 g/mol. The monoisotopic (exact) mass is 289 g/mol. The largest absolute Gasteiger partial charge is 0.456 e. The van der Waals surface area contributed by atoms with E-state index in [0.717, 1.165) is 17.5 Å². The van der Waals surface area contributed by atoms with Crippen molar-refractivity contribution in [3.05, 3.63) is 35.6 Å². The molecule has 4 nitrogen and oxygen atoms in total. The first-order valence-corrected chi connectivity index (χ1v) is 7.22. The van der Waals surface area contributed by atoms with Gasteiger partial charge >= 0.3 is 5.97 Å². The number of aryl methyl sites for hydroxylation is 1. The predicted molar refractivity (Wildman–Crippen MR) is 83.5 cm³/mol.